The minimum absolute atomic E-state index is 0.0584. The van der Waals surface area contributed by atoms with Crippen LogP contribution in [0.5, 0.6) is 0 Å². The topological polar surface area (TPSA) is 69.6 Å². The molecule has 0 bridgehead atoms. The van der Waals surface area contributed by atoms with Gasteiger partial charge in [0.05, 0.1) is 23.6 Å². The van der Waals surface area contributed by atoms with E-state index < -0.39 is 34.9 Å². The van der Waals surface area contributed by atoms with Gasteiger partial charge in [0.2, 0.25) is 5.91 Å². The van der Waals surface area contributed by atoms with Crippen LogP contribution >= 0.6 is 0 Å². The van der Waals surface area contributed by atoms with Crippen LogP contribution in [0, 0.1) is 11.7 Å². The van der Waals surface area contributed by atoms with E-state index in [0.717, 1.165) is 12.1 Å². The number of aliphatic hydroxyl groups is 1. The first kappa shape index (κ1) is 28.3. The van der Waals surface area contributed by atoms with Gasteiger partial charge in [-0.05, 0) is 59.4 Å². The van der Waals surface area contributed by atoms with Crippen molar-refractivity contribution >= 4 is 11.8 Å². The first-order chi connectivity index (χ1) is 18.4. The van der Waals surface area contributed by atoms with Gasteiger partial charge in [0.25, 0.3) is 5.91 Å². The number of carbonyl (C=O) groups excluding carboxylic acids is 2. The number of carbonyl (C=O) groups is 2. The number of benzene rings is 3. The van der Waals surface area contributed by atoms with Gasteiger partial charge in [-0.3, -0.25) is 9.59 Å². The summed E-state index contributed by atoms with van der Waals surface area (Å²) in [4.78, 5) is 29.2. The molecule has 0 spiro atoms. The third-order valence-corrected chi connectivity index (χ3v) is 7.09. The Morgan fingerprint density at radius 3 is 2.33 bits per heavy atom. The molecule has 9 heteroatoms. The van der Waals surface area contributed by atoms with Gasteiger partial charge in [-0.1, -0.05) is 56.3 Å². The number of nitrogens with one attached hydrogen (secondary N) is 1. The molecule has 5 nitrogen and oxygen atoms in total. The summed E-state index contributed by atoms with van der Waals surface area (Å²) < 4.78 is 54.7. The molecule has 1 aliphatic heterocycles. The van der Waals surface area contributed by atoms with Crippen molar-refractivity contribution in [2.45, 2.75) is 51.6 Å². The normalized spacial score (nSPS) is 19.3. The van der Waals surface area contributed by atoms with Crippen molar-refractivity contribution in [2.24, 2.45) is 5.92 Å². The number of aliphatic hydroxyl groups excluding tert-OH is 1. The highest BCUT2D eigenvalue weighted by atomic mass is 19.4. The molecule has 0 unspecified atom stereocenters. The summed E-state index contributed by atoms with van der Waals surface area (Å²) in [6.07, 6.45) is -4.78. The summed E-state index contributed by atoms with van der Waals surface area (Å²) >= 11 is 0. The molecule has 4 rings (SSSR count). The van der Waals surface area contributed by atoms with Crippen LogP contribution in [-0.4, -0.2) is 28.4 Å². The standard InChI is InChI=1S/C30H30F4N2O3/c1-18(2)15-35-28(39)29(3)25-7-5-4-6-24(25)27(38)36(26(29)21-10-8-19(17-37)9-11-21)16-20-12-22(30(32,33)34)14-23(31)13-20/h4-14,18,26,37H,15-17H2,1-3H3,(H,35,39)/t26-,29-/m0/s1. The number of halogens is 4. The number of alkyl halides is 3. The third kappa shape index (κ3) is 5.54. The summed E-state index contributed by atoms with van der Waals surface area (Å²) in [6.45, 7) is 5.39. The maximum absolute atomic E-state index is 14.3. The highest BCUT2D eigenvalue weighted by Crippen LogP contribution is 2.48. The molecule has 0 radical (unpaired) electrons. The zero-order chi connectivity index (χ0) is 28.5. The molecule has 0 saturated heterocycles. The van der Waals surface area contributed by atoms with Crippen molar-refractivity contribution in [1.29, 1.82) is 0 Å². The second kappa shape index (κ2) is 10.8. The lowest BCUT2D eigenvalue weighted by Gasteiger charge is -2.48. The molecule has 1 heterocycles. The van der Waals surface area contributed by atoms with E-state index in [-0.39, 0.29) is 36.1 Å². The minimum Gasteiger partial charge on any atom is -0.392 e. The molecule has 0 aromatic heterocycles. The molecule has 0 aliphatic carbocycles. The molecule has 206 valence electrons. The average molecular weight is 543 g/mol. The van der Waals surface area contributed by atoms with Gasteiger partial charge in [0.1, 0.15) is 5.82 Å². The Balaban J connectivity index is 1.92. The summed E-state index contributed by atoms with van der Waals surface area (Å²) in [6, 6.07) is 14.6. The Bertz CT molecular complexity index is 1370. The maximum atomic E-state index is 14.3. The zero-order valence-electron chi connectivity index (χ0n) is 21.8. The predicted molar refractivity (Wildman–Crippen MR) is 138 cm³/mol. The first-order valence-corrected chi connectivity index (χ1v) is 12.6. The summed E-state index contributed by atoms with van der Waals surface area (Å²) in [5.41, 5.74) is -0.682. The quantitative estimate of drug-likeness (QED) is 0.373. The Kier molecular flexibility index (Phi) is 7.84. The van der Waals surface area contributed by atoms with Crippen LogP contribution in [0.1, 0.15) is 65.0 Å². The van der Waals surface area contributed by atoms with Crippen molar-refractivity contribution < 1.29 is 32.3 Å². The highest BCUT2D eigenvalue weighted by Gasteiger charge is 2.53. The Morgan fingerprint density at radius 2 is 1.72 bits per heavy atom. The number of nitrogens with zero attached hydrogens (tertiary/aromatic N) is 1. The largest absolute Gasteiger partial charge is 0.416 e. The predicted octanol–water partition coefficient (Wildman–Crippen LogP) is 5.76. The fraction of sp³-hybridized carbons (Fsp3) is 0.333. The summed E-state index contributed by atoms with van der Waals surface area (Å²) in [7, 11) is 0. The molecule has 1 aliphatic rings. The molecular formula is C30H30F4N2O3. The molecule has 39 heavy (non-hydrogen) atoms. The third-order valence-electron chi connectivity index (χ3n) is 7.09. The van der Waals surface area contributed by atoms with Gasteiger partial charge in [-0.2, -0.15) is 13.2 Å². The molecule has 3 aromatic rings. The average Bonchev–Trinajstić information content (AvgIpc) is 2.89. The SMILES string of the molecule is CC(C)CNC(=O)[C@@]1(C)c2ccccc2C(=O)N(Cc2cc(F)cc(C(F)(F)F)c2)[C@H]1c1ccc(CO)cc1. The van der Waals surface area contributed by atoms with Crippen LogP contribution in [0.4, 0.5) is 17.6 Å². The van der Waals surface area contributed by atoms with Gasteiger partial charge in [-0.25, -0.2) is 4.39 Å². The van der Waals surface area contributed by atoms with E-state index in [1.54, 1.807) is 55.5 Å². The van der Waals surface area contributed by atoms with E-state index in [2.05, 4.69) is 5.32 Å². The van der Waals surface area contributed by atoms with Crippen LogP contribution in [0.25, 0.3) is 0 Å². The number of hydrogen-bond donors (Lipinski definition) is 2. The summed E-state index contributed by atoms with van der Waals surface area (Å²) in [5.74, 6) is -1.78. The van der Waals surface area contributed by atoms with Gasteiger partial charge in [0.15, 0.2) is 0 Å². The van der Waals surface area contributed by atoms with Crippen molar-refractivity contribution in [1.82, 2.24) is 10.2 Å². The molecule has 0 saturated carbocycles. The monoisotopic (exact) mass is 542 g/mol. The lowest BCUT2D eigenvalue weighted by molar-refractivity contribution is -0.137. The fourth-order valence-corrected chi connectivity index (χ4v) is 5.16. The van der Waals surface area contributed by atoms with Crippen LogP contribution < -0.4 is 5.32 Å². The molecular weight excluding hydrogens is 512 g/mol. The van der Waals surface area contributed by atoms with Crippen molar-refractivity contribution in [3.63, 3.8) is 0 Å². The van der Waals surface area contributed by atoms with E-state index in [4.69, 9.17) is 0 Å². The van der Waals surface area contributed by atoms with Crippen molar-refractivity contribution in [2.75, 3.05) is 6.54 Å². The van der Waals surface area contributed by atoms with Crippen LogP contribution in [0.15, 0.2) is 66.7 Å². The number of fused-ring (bicyclic) bond motifs is 1. The Hall–Kier alpha value is -3.72. The maximum Gasteiger partial charge on any atom is 0.416 e. The van der Waals surface area contributed by atoms with Gasteiger partial charge < -0.3 is 15.3 Å². The second-order valence-corrected chi connectivity index (χ2v) is 10.4. The second-order valence-electron chi connectivity index (χ2n) is 10.4. The van der Waals surface area contributed by atoms with Crippen LogP contribution in [-0.2, 0) is 29.5 Å². The van der Waals surface area contributed by atoms with Gasteiger partial charge >= 0.3 is 6.18 Å². The van der Waals surface area contributed by atoms with E-state index in [0.29, 0.717) is 29.3 Å². The van der Waals surface area contributed by atoms with Crippen LogP contribution in [0.3, 0.4) is 0 Å². The van der Waals surface area contributed by atoms with Crippen LogP contribution in [0.2, 0.25) is 0 Å². The van der Waals surface area contributed by atoms with E-state index in [9.17, 15) is 32.3 Å². The van der Waals surface area contributed by atoms with E-state index >= 15 is 0 Å². The first-order valence-electron chi connectivity index (χ1n) is 12.6. The smallest absolute Gasteiger partial charge is 0.392 e. The van der Waals surface area contributed by atoms with E-state index in [1.165, 1.54) is 4.90 Å². The highest BCUT2D eigenvalue weighted by molar-refractivity contribution is 6.03. The lowest BCUT2D eigenvalue weighted by Crippen LogP contribution is -2.57. The lowest BCUT2D eigenvalue weighted by atomic mass is 9.67. The number of amides is 2. The molecule has 3 aromatic carbocycles. The molecule has 2 N–H and O–H groups in total. The number of rotatable bonds is 7. The Morgan fingerprint density at radius 1 is 1.05 bits per heavy atom. The molecule has 0 fully saturated rings. The fourth-order valence-electron chi connectivity index (χ4n) is 5.16. The Labute approximate surface area is 224 Å². The van der Waals surface area contributed by atoms with Crippen molar-refractivity contribution in [3.8, 4) is 0 Å². The van der Waals surface area contributed by atoms with Gasteiger partial charge in [0, 0.05) is 18.7 Å². The summed E-state index contributed by atoms with van der Waals surface area (Å²) in [5, 5.41) is 12.5. The minimum atomic E-state index is -4.78. The molecule has 2 amide bonds. The van der Waals surface area contributed by atoms with Crippen molar-refractivity contribution in [3.05, 3.63) is 106 Å². The van der Waals surface area contributed by atoms with E-state index in [1.807, 2.05) is 13.8 Å². The van der Waals surface area contributed by atoms with Gasteiger partial charge in [-0.15, -0.1) is 0 Å². The number of hydrogen-bond acceptors (Lipinski definition) is 3. The molecule has 2 atom stereocenters. The zero-order valence-corrected chi connectivity index (χ0v) is 21.8.